The summed E-state index contributed by atoms with van der Waals surface area (Å²) in [4.78, 5) is 81.1. The number of allylic oxidation sites excluding steroid dienone is 1. The number of hydrogen-bond donors (Lipinski definition) is 2. The van der Waals surface area contributed by atoms with Gasteiger partial charge in [-0.1, -0.05) is 0 Å². The van der Waals surface area contributed by atoms with Crippen LogP contribution < -0.4 is 15.5 Å². The Morgan fingerprint density at radius 1 is 0.906 bits per heavy atom. The SMILES string of the molecule is C[C@H]1COCCN1c1nc(-c2ccc(F)cc2)nc2c1cnn2C1CN(C2CCN(C(=O)C3CCC(CNc4ccc5c(c4)C(=O)N(C4CCC(=C=O)NC4=C=O)C5=O)CC3)CC2)C1. The Morgan fingerprint density at radius 2 is 1.67 bits per heavy atom. The third-order valence-electron chi connectivity index (χ3n) is 14.2. The van der Waals surface area contributed by atoms with Gasteiger partial charge in [-0.2, -0.15) is 5.10 Å². The molecule has 4 saturated heterocycles. The molecule has 332 valence electrons. The second kappa shape index (κ2) is 17.4. The maximum atomic E-state index is 13.8. The van der Waals surface area contributed by atoms with Gasteiger partial charge in [-0.3, -0.25) is 24.2 Å². The highest BCUT2D eigenvalue weighted by Crippen LogP contribution is 2.37. The van der Waals surface area contributed by atoms with Crippen molar-refractivity contribution in [3.63, 3.8) is 0 Å². The number of aromatic nitrogens is 4. The van der Waals surface area contributed by atoms with Gasteiger partial charge in [0, 0.05) is 68.9 Å². The van der Waals surface area contributed by atoms with Crippen molar-refractivity contribution in [2.24, 2.45) is 11.8 Å². The number of amides is 3. The van der Waals surface area contributed by atoms with Gasteiger partial charge in [-0.15, -0.1) is 0 Å². The average Bonchev–Trinajstić information content (AvgIpc) is 3.84. The van der Waals surface area contributed by atoms with Crippen molar-refractivity contribution in [2.75, 3.05) is 62.7 Å². The number of hydrogen-bond acceptors (Lipinski definition) is 13. The maximum Gasteiger partial charge on any atom is 0.262 e. The van der Waals surface area contributed by atoms with Crippen LogP contribution in [0.4, 0.5) is 15.9 Å². The minimum Gasteiger partial charge on any atom is -0.385 e. The van der Waals surface area contributed by atoms with Crippen molar-refractivity contribution in [1.82, 2.24) is 39.8 Å². The van der Waals surface area contributed by atoms with E-state index in [0.29, 0.717) is 44.1 Å². The monoisotopic (exact) mass is 870 g/mol. The molecule has 2 atom stereocenters. The minimum atomic E-state index is -0.826. The van der Waals surface area contributed by atoms with E-state index in [4.69, 9.17) is 19.8 Å². The predicted octanol–water partition coefficient (Wildman–Crippen LogP) is 4.40. The van der Waals surface area contributed by atoms with Gasteiger partial charge in [0.25, 0.3) is 11.8 Å². The lowest BCUT2D eigenvalue weighted by Gasteiger charge is -2.47. The van der Waals surface area contributed by atoms with Gasteiger partial charge in [-0.05, 0) is 100 Å². The summed E-state index contributed by atoms with van der Waals surface area (Å²) in [5, 5.41) is 11.9. The first-order valence-corrected chi connectivity index (χ1v) is 22.6. The fourth-order valence-electron chi connectivity index (χ4n) is 10.5. The number of nitrogens with zero attached hydrogens (tertiary/aromatic N) is 8. The van der Waals surface area contributed by atoms with E-state index in [0.717, 1.165) is 97.7 Å². The molecule has 0 bridgehead atoms. The van der Waals surface area contributed by atoms with Crippen molar-refractivity contribution >= 4 is 52.1 Å². The van der Waals surface area contributed by atoms with E-state index in [9.17, 15) is 28.4 Å². The number of morpholine rings is 1. The van der Waals surface area contributed by atoms with E-state index in [2.05, 4.69) is 32.3 Å². The molecular formula is C47H51FN10O6. The number of fused-ring (bicyclic) bond motifs is 2. The lowest BCUT2D eigenvalue weighted by atomic mass is 9.81. The number of imide groups is 1. The van der Waals surface area contributed by atoms with Crippen LogP contribution in [0.15, 0.2) is 60.1 Å². The molecule has 10 rings (SSSR count). The van der Waals surface area contributed by atoms with Gasteiger partial charge >= 0.3 is 0 Å². The Balaban J connectivity index is 0.701. The number of benzene rings is 2. The number of likely N-dealkylation sites (tertiary alicyclic amines) is 2. The molecule has 6 aliphatic rings. The number of ether oxygens (including phenoxy) is 1. The minimum absolute atomic E-state index is 0.0220. The molecule has 0 radical (unpaired) electrons. The zero-order chi connectivity index (χ0) is 44.1. The van der Waals surface area contributed by atoms with Crippen LogP contribution in [-0.4, -0.2) is 135 Å². The summed E-state index contributed by atoms with van der Waals surface area (Å²) in [6, 6.07) is 11.3. The number of rotatable bonds is 9. The Labute approximate surface area is 369 Å². The van der Waals surface area contributed by atoms with Crippen LogP contribution >= 0.6 is 0 Å². The Kier molecular flexibility index (Phi) is 11.3. The lowest BCUT2D eigenvalue weighted by Crippen LogP contribution is -2.56. The fraction of sp³-hybridized carbons (Fsp3) is 0.489. The van der Waals surface area contributed by atoms with Gasteiger partial charge in [-0.25, -0.2) is 28.6 Å². The molecule has 4 aromatic rings. The van der Waals surface area contributed by atoms with E-state index in [1.54, 1.807) is 42.2 Å². The molecule has 64 heavy (non-hydrogen) atoms. The highest BCUT2D eigenvalue weighted by molar-refractivity contribution is 6.22. The van der Waals surface area contributed by atoms with Gasteiger partial charge in [0.1, 0.15) is 34.9 Å². The highest BCUT2D eigenvalue weighted by Gasteiger charge is 2.44. The van der Waals surface area contributed by atoms with E-state index in [-0.39, 0.29) is 65.1 Å². The van der Waals surface area contributed by atoms with Crippen LogP contribution in [0.2, 0.25) is 0 Å². The first-order valence-electron chi connectivity index (χ1n) is 22.6. The Morgan fingerprint density at radius 3 is 2.41 bits per heavy atom. The summed E-state index contributed by atoms with van der Waals surface area (Å²) < 4.78 is 21.6. The van der Waals surface area contributed by atoms with E-state index in [1.165, 1.54) is 12.1 Å². The molecule has 17 heteroatoms. The van der Waals surface area contributed by atoms with Crippen molar-refractivity contribution < 1.29 is 33.1 Å². The molecule has 0 spiro atoms. The summed E-state index contributed by atoms with van der Waals surface area (Å²) in [7, 11) is 0. The fourth-order valence-corrected chi connectivity index (χ4v) is 10.5. The number of piperidine rings is 2. The number of halogens is 1. The summed E-state index contributed by atoms with van der Waals surface area (Å²) in [6.07, 6.45) is 7.76. The molecule has 5 aliphatic heterocycles. The Bertz CT molecular complexity index is 2580. The van der Waals surface area contributed by atoms with Crippen LogP contribution in [-0.2, 0) is 19.1 Å². The van der Waals surface area contributed by atoms with E-state index < -0.39 is 17.9 Å². The molecule has 3 amide bonds. The van der Waals surface area contributed by atoms with Gasteiger partial charge in [0.05, 0.1) is 54.0 Å². The molecular weight excluding hydrogens is 820 g/mol. The van der Waals surface area contributed by atoms with Crippen molar-refractivity contribution in [1.29, 1.82) is 0 Å². The molecule has 1 unspecified atom stereocenters. The summed E-state index contributed by atoms with van der Waals surface area (Å²) in [6.45, 7) is 7.96. The predicted molar refractivity (Wildman–Crippen MR) is 234 cm³/mol. The van der Waals surface area contributed by atoms with Crippen LogP contribution in [0, 0.1) is 17.7 Å². The zero-order valence-electron chi connectivity index (χ0n) is 35.8. The second-order valence-corrected chi connectivity index (χ2v) is 18.1. The number of carbonyl (C=O) groups excluding carboxylic acids is 5. The normalized spacial score (nSPS) is 24.6. The smallest absolute Gasteiger partial charge is 0.262 e. The number of carbonyl (C=O) groups is 3. The first kappa shape index (κ1) is 41.7. The molecule has 5 fully saturated rings. The molecule has 2 N–H and O–H groups in total. The first-order chi connectivity index (χ1) is 31.2. The van der Waals surface area contributed by atoms with Crippen LogP contribution in [0.1, 0.15) is 85.0 Å². The summed E-state index contributed by atoms with van der Waals surface area (Å²) in [5.74, 6) is 4.25. The van der Waals surface area contributed by atoms with Gasteiger partial charge in [0.2, 0.25) is 5.91 Å². The van der Waals surface area contributed by atoms with Gasteiger partial charge < -0.3 is 25.2 Å². The van der Waals surface area contributed by atoms with Crippen molar-refractivity contribution in [3.8, 4) is 11.4 Å². The third kappa shape index (κ3) is 7.76. The number of nitrogens with one attached hydrogen (secondary N) is 2. The molecule has 2 aromatic carbocycles. The topological polar surface area (TPSA) is 175 Å². The van der Waals surface area contributed by atoms with Crippen molar-refractivity contribution in [3.05, 3.63) is 77.0 Å². The number of anilines is 2. The largest absolute Gasteiger partial charge is 0.385 e. The molecule has 1 saturated carbocycles. The summed E-state index contributed by atoms with van der Waals surface area (Å²) >= 11 is 0. The van der Waals surface area contributed by atoms with Gasteiger partial charge in [0.15, 0.2) is 11.5 Å². The molecule has 2 aromatic heterocycles. The van der Waals surface area contributed by atoms with Crippen molar-refractivity contribution in [2.45, 2.75) is 82.5 Å². The Hall–Kier alpha value is -6.25. The van der Waals surface area contributed by atoms with Crippen LogP contribution in [0.3, 0.4) is 0 Å². The average molecular weight is 871 g/mol. The quantitative estimate of drug-likeness (QED) is 0.179. The van der Waals surface area contributed by atoms with E-state index in [1.807, 2.05) is 10.9 Å². The highest BCUT2D eigenvalue weighted by atomic mass is 19.1. The standard InChI is InChI=1S/C47H51FN10O6/c1-28-27-64-19-18-56(28)43-39-22-50-58(44(39)53-42(52-43)30-6-8-32(48)9-7-30)36-23-55(24-36)35-14-16-54(17-15-35)45(61)31-4-2-29(3-5-31)21-49-33-10-12-37-38(20-33)47(63)57(46(37)62)41-13-11-34(25-59)51-40(41)26-60/h6-10,12,20,22,28-29,31,35-36,41,49,51H,2-5,11,13-19,21,23-24,27H2,1H3/t28-,29?,31?,41?/m0/s1. The zero-order valence-corrected chi connectivity index (χ0v) is 35.8. The molecule has 16 nitrogen and oxygen atoms in total. The summed E-state index contributed by atoms with van der Waals surface area (Å²) in [5.41, 5.74) is 2.98. The van der Waals surface area contributed by atoms with Crippen LogP contribution in [0.5, 0.6) is 0 Å². The third-order valence-corrected chi connectivity index (χ3v) is 14.2. The second-order valence-electron chi connectivity index (χ2n) is 18.1. The molecule has 7 heterocycles. The van der Waals surface area contributed by atoms with E-state index >= 15 is 0 Å². The van der Waals surface area contributed by atoms with Crippen LogP contribution in [0.25, 0.3) is 22.4 Å². The maximum absolute atomic E-state index is 13.8. The lowest BCUT2D eigenvalue weighted by molar-refractivity contribution is -0.138. The molecule has 1 aliphatic carbocycles.